The molecule has 2 aromatic carbocycles. The molecule has 3 N–H and O–H groups in total. The van der Waals surface area contributed by atoms with Crippen LogP contribution in [0.2, 0.25) is 0 Å². The molecule has 7 nitrogen and oxygen atoms in total. The van der Waals surface area contributed by atoms with Gasteiger partial charge in [-0.15, -0.1) is 0 Å². The fourth-order valence-corrected chi connectivity index (χ4v) is 4.12. The first-order chi connectivity index (χ1) is 14.5. The predicted octanol–water partition coefficient (Wildman–Crippen LogP) is 4.40. The number of hydrogen-bond acceptors (Lipinski definition) is 6. The summed E-state index contributed by atoms with van der Waals surface area (Å²) in [6.07, 6.45) is 3.11. The zero-order valence-electron chi connectivity index (χ0n) is 16.1. The number of nitrogens with two attached hydrogens (primary N) is 1. The van der Waals surface area contributed by atoms with Crippen LogP contribution in [0.15, 0.2) is 88.5 Å². The highest BCUT2D eigenvalue weighted by Crippen LogP contribution is 2.38. The summed E-state index contributed by atoms with van der Waals surface area (Å²) in [5.74, 6) is 1.06. The molecule has 0 bridgehead atoms. The third kappa shape index (κ3) is 3.85. The summed E-state index contributed by atoms with van der Waals surface area (Å²) in [6, 6.07) is 18.7. The van der Waals surface area contributed by atoms with E-state index in [1.807, 2.05) is 6.07 Å². The van der Waals surface area contributed by atoms with Crippen LogP contribution in [0, 0.1) is 0 Å². The summed E-state index contributed by atoms with van der Waals surface area (Å²) in [5.41, 5.74) is 9.29. The molecular weight excluding hydrogens is 402 g/mol. The zero-order valence-corrected chi connectivity index (χ0v) is 16.9. The van der Waals surface area contributed by atoms with Crippen LogP contribution < -0.4 is 15.2 Å². The van der Waals surface area contributed by atoms with Gasteiger partial charge in [0.15, 0.2) is 0 Å². The SMILES string of the molecule is COc1ccc(-c2occ(N)c2-c2ccc(NS(=O)(=O)c3ccccc3)cc2)cn1. The minimum Gasteiger partial charge on any atom is -0.481 e. The Morgan fingerprint density at radius 1 is 0.967 bits per heavy atom. The number of methoxy groups -OCH3 is 1. The van der Waals surface area contributed by atoms with Gasteiger partial charge in [-0.05, 0) is 35.9 Å². The molecule has 152 valence electrons. The second-order valence-electron chi connectivity index (χ2n) is 6.48. The highest BCUT2D eigenvalue weighted by atomic mass is 32.2. The lowest BCUT2D eigenvalue weighted by Crippen LogP contribution is -2.12. The molecule has 0 atom stereocenters. The quantitative estimate of drug-likeness (QED) is 0.478. The van der Waals surface area contributed by atoms with Crippen LogP contribution in [0.3, 0.4) is 0 Å². The molecule has 0 saturated heterocycles. The Labute approximate surface area is 174 Å². The molecule has 0 aliphatic carbocycles. The Bertz CT molecular complexity index is 1250. The number of nitrogens with zero attached hydrogens (tertiary/aromatic N) is 1. The highest BCUT2D eigenvalue weighted by molar-refractivity contribution is 7.92. The van der Waals surface area contributed by atoms with Gasteiger partial charge >= 0.3 is 0 Å². The topological polar surface area (TPSA) is 107 Å². The molecule has 0 spiro atoms. The normalized spacial score (nSPS) is 11.2. The van der Waals surface area contributed by atoms with Gasteiger partial charge in [0, 0.05) is 23.5 Å². The number of ether oxygens (including phenoxy) is 1. The lowest BCUT2D eigenvalue weighted by molar-refractivity contribution is 0.398. The van der Waals surface area contributed by atoms with Gasteiger partial charge in [-0.3, -0.25) is 4.72 Å². The van der Waals surface area contributed by atoms with Gasteiger partial charge in [0.25, 0.3) is 10.0 Å². The van der Waals surface area contributed by atoms with Gasteiger partial charge in [-0.25, -0.2) is 13.4 Å². The summed E-state index contributed by atoms with van der Waals surface area (Å²) in [7, 11) is -2.11. The Morgan fingerprint density at radius 3 is 2.30 bits per heavy atom. The molecule has 30 heavy (non-hydrogen) atoms. The summed E-state index contributed by atoms with van der Waals surface area (Å²) >= 11 is 0. The highest BCUT2D eigenvalue weighted by Gasteiger charge is 2.17. The van der Waals surface area contributed by atoms with Gasteiger partial charge in [-0.2, -0.15) is 0 Å². The van der Waals surface area contributed by atoms with Crippen molar-refractivity contribution in [1.82, 2.24) is 4.98 Å². The third-order valence-corrected chi connectivity index (χ3v) is 5.90. The maximum atomic E-state index is 12.5. The summed E-state index contributed by atoms with van der Waals surface area (Å²) in [5, 5.41) is 0. The van der Waals surface area contributed by atoms with Crippen molar-refractivity contribution in [2.45, 2.75) is 4.90 Å². The van der Waals surface area contributed by atoms with E-state index in [1.165, 1.54) is 18.4 Å². The standard InChI is InChI=1S/C22H19N3O4S/c1-28-20-12-9-16(13-24-20)22-21(19(23)14-29-22)15-7-10-17(11-8-15)25-30(26,27)18-5-3-2-4-6-18/h2-14,25H,23H2,1H3. The van der Waals surface area contributed by atoms with Gasteiger partial charge in [-0.1, -0.05) is 30.3 Å². The van der Waals surface area contributed by atoms with Crippen molar-refractivity contribution in [3.8, 4) is 28.3 Å². The van der Waals surface area contributed by atoms with Crippen LogP contribution in [0.5, 0.6) is 5.88 Å². The first-order valence-electron chi connectivity index (χ1n) is 9.03. The lowest BCUT2D eigenvalue weighted by Gasteiger charge is -2.10. The number of sulfonamides is 1. The van der Waals surface area contributed by atoms with E-state index in [2.05, 4.69) is 9.71 Å². The number of pyridine rings is 1. The largest absolute Gasteiger partial charge is 0.481 e. The molecular formula is C22H19N3O4S. The van der Waals surface area contributed by atoms with Crippen molar-refractivity contribution in [2.75, 3.05) is 17.6 Å². The smallest absolute Gasteiger partial charge is 0.261 e. The van der Waals surface area contributed by atoms with Crippen LogP contribution in [-0.2, 0) is 10.0 Å². The predicted molar refractivity (Wildman–Crippen MR) is 116 cm³/mol. The lowest BCUT2D eigenvalue weighted by atomic mass is 10.0. The molecule has 0 aliphatic rings. The Morgan fingerprint density at radius 2 is 1.67 bits per heavy atom. The zero-order chi connectivity index (χ0) is 21.1. The third-order valence-electron chi connectivity index (χ3n) is 4.51. The minimum absolute atomic E-state index is 0.197. The van der Waals surface area contributed by atoms with Crippen molar-refractivity contribution in [2.24, 2.45) is 0 Å². The molecule has 2 heterocycles. The molecule has 2 aromatic heterocycles. The maximum Gasteiger partial charge on any atom is 0.261 e. The van der Waals surface area contributed by atoms with Gasteiger partial charge < -0.3 is 14.9 Å². The second kappa shape index (κ2) is 7.92. The fraction of sp³-hybridized carbons (Fsp3) is 0.0455. The first kappa shape index (κ1) is 19.5. The van der Waals surface area contributed by atoms with Crippen LogP contribution in [0.1, 0.15) is 0 Å². The van der Waals surface area contributed by atoms with Crippen molar-refractivity contribution in [1.29, 1.82) is 0 Å². The number of rotatable bonds is 6. The molecule has 0 saturated carbocycles. The second-order valence-corrected chi connectivity index (χ2v) is 8.16. The number of anilines is 2. The van der Waals surface area contributed by atoms with Gasteiger partial charge in [0.1, 0.15) is 12.0 Å². The number of benzene rings is 2. The molecule has 0 aliphatic heterocycles. The number of nitrogens with one attached hydrogen (secondary N) is 1. The molecule has 8 heteroatoms. The average Bonchev–Trinajstić information content (AvgIpc) is 3.16. The number of nitrogen functional groups attached to an aromatic ring is 1. The van der Waals surface area contributed by atoms with E-state index in [0.717, 1.165) is 11.1 Å². The molecule has 0 unspecified atom stereocenters. The van der Waals surface area contributed by atoms with E-state index in [9.17, 15) is 8.42 Å². The van der Waals surface area contributed by atoms with Crippen LogP contribution in [0.25, 0.3) is 22.5 Å². The van der Waals surface area contributed by atoms with E-state index >= 15 is 0 Å². The Hall–Kier alpha value is -3.78. The molecule has 0 amide bonds. The Kier molecular flexibility index (Phi) is 5.16. The Balaban J connectivity index is 1.63. The molecule has 0 fully saturated rings. The monoisotopic (exact) mass is 421 g/mol. The molecule has 4 aromatic rings. The van der Waals surface area contributed by atoms with Crippen molar-refractivity contribution >= 4 is 21.4 Å². The number of furan rings is 1. The van der Waals surface area contributed by atoms with Crippen LogP contribution >= 0.6 is 0 Å². The summed E-state index contributed by atoms with van der Waals surface area (Å²) < 4.78 is 38.3. The van der Waals surface area contributed by atoms with Crippen molar-refractivity contribution in [3.63, 3.8) is 0 Å². The van der Waals surface area contributed by atoms with E-state index in [-0.39, 0.29) is 4.90 Å². The number of hydrogen-bond donors (Lipinski definition) is 2. The van der Waals surface area contributed by atoms with Crippen LogP contribution in [0.4, 0.5) is 11.4 Å². The van der Waals surface area contributed by atoms with Gasteiger partial charge in [0.2, 0.25) is 5.88 Å². The average molecular weight is 421 g/mol. The van der Waals surface area contributed by atoms with Crippen LogP contribution in [-0.4, -0.2) is 20.5 Å². The van der Waals surface area contributed by atoms with Gasteiger partial charge in [0.05, 0.1) is 23.3 Å². The maximum absolute atomic E-state index is 12.5. The van der Waals surface area contributed by atoms with Crippen molar-refractivity contribution < 1.29 is 17.6 Å². The first-order valence-corrected chi connectivity index (χ1v) is 10.5. The van der Waals surface area contributed by atoms with E-state index in [0.29, 0.717) is 28.6 Å². The molecule has 4 rings (SSSR count). The van der Waals surface area contributed by atoms with E-state index < -0.39 is 10.0 Å². The fourth-order valence-electron chi connectivity index (χ4n) is 3.04. The summed E-state index contributed by atoms with van der Waals surface area (Å²) in [4.78, 5) is 4.40. The molecule has 0 radical (unpaired) electrons. The minimum atomic E-state index is -3.66. The summed E-state index contributed by atoms with van der Waals surface area (Å²) in [6.45, 7) is 0. The van der Waals surface area contributed by atoms with Crippen molar-refractivity contribution in [3.05, 3.63) is 79.2 Å². The van der Waals surface area contributed by atoms with E-state index in [4.69, 9.17) is 14.9 Å². The number of aromatic nitrogens is 1. The van der Waals surface area contributed by atoms with E-state index in [1.54, 1.807) is 61.8 Å².